The van der Waals surface area contributed by atoms with Gasteiger partial charge in [-0.3, -0.25) is 0 Å². The molecule has 1 fully saturated rings. The fraction of sp³-hybridized carbons (Fsp3) is 0.923. The van der Waals surface area contributed by atoms with Crippen molar-refractivity contribution in [2.24, 2.45) is 5.73 Å². The van der Waals surface area contributed by atoms with Gasteiger partial charge in [0.2, 0.25) is 0 Å². The van der Waals surface area contributed by atoms with Crippen molar-refractivity contribution >= 4 is 6.09 Å². The number of amides is 1. The van der Waals surface area contributed by atoms with E-state index in [-0.39, 0.29) is 18.2 Å². The van der Waals surface area contributed by atoms with Crippen molar-refractivity contribution in [1.29, 1.82) is 0 Å². The molecule has 0 spiro atoms. The van der Waals surface area contributed by atoms with Crippen molar-refractivity contribution < 1.29 is 9.53 Å². The third-order valence-corrected chi connectivity index (χ3v) is 2.85. The van der Waals surface area contributed by atoms with Crippen LogP contribution in [-0.4, -0.2) is 48.3 Å². The van der Waals surface area contributed by atoms with E-state index in [1.165, 1.54) is 0 Å². The number of likely N-dealkylation sites (tertiary alicyclic amines) is 1. The topological polar surface area (TPSA) is 67.6 Å². The summed E-state index contributed by atoms with van der Waals surface area (Å²) in [5.74, 6) is 0. The van der Waals surface area contributed by atoms with E-state index in [2.05, 4.69) is 10.2 Å². The molecule has 0 aromatic carbocycles. The molecule has 3 N–H and O–H groups in total. The second kappa shape index (κ2) is 6.38. The van der Waals surface area contributed by atoms with Crippen LogP contribution < -0.4 is 11.1 Å². The molecule has 0 radical (unpaired) electrons. The largest absolute Gasteiger partial charge is 0.444 e. The molecule has 0 aromatic heterocycles. The molecule has 1 saturated heterocycles. The predicted molar refractivity (Wildman–Crippen MR) is 72.5 cm³/mol. The highest BCUT2D eigenvalue weighted by atomic mass is 16.6. The molecule has 1 aliphatic rings. The number of carbonyl (C=O) groups excluding carboxylic acids is 1. The smallest absolute Gasteiger partial charge is 0.407 e. The summed E-state index contributed by atoms with van der Waals surface area (Å²) in [5.41, 5.74) is 5.35. The lowest BCUT2D eigenvalue weighted by Crippen LogP contribution is -2.48. The van der Waals surface area contributed by atoms with Crippen LogP contribution in [0.4, 0.5) is 4.79 Å². The number of nitrogens with zero attached hydrogens (tertiary/aromatic N) is 1. The first-order valence-electron chi connectivity index (χ1n) is 6.74. The predicted octanol–water partition coefficient (Wildman–Crippen LogP) is 1.32. The van der Waals surface area contributed by atoms with Crippen molar-refractivity contribution in [1.82, 2.24) is 10.2 Å². The Morgan fingerprint density at radius 2 is 2.00 bits per heavy atom. The molecule has 1 rings (SSSR count). The number of ether oxygens (including phenoxy) is 1. The zero-order valence-electron chi connectivity index (χ0n) is 12.0. The maximum Gasteiger partial charge on any atom is 0.407 e. The maximum atomic E-state index is 11.6. The molecular formula is C13H27N3O2. The Balaban J connectivity index is 2.25. The molecule has 106 valence electrons. The number of hydrogen-bond donors (Lipinski definition) is 2. The van der Waals surface area contributed by atoms with Gasteiger partial charge in [-0.1, -0.05) is 0 Å². The monoisotopic (exact) mass is 257 g/mol. The minimum Gasteiger partial charge on any atom is -0.444 e. The Morgan fingerprint density at radius 1 is 1.44 bits per heavy atom. The average Bonchev–Trinajstić information content (AvgIpc) is 2.17. The number of piperidine rings is 1. The summed E-state index contributed by atoms with van der Waals surface area (Å²) in [6, 6.07) is 0.435. The highest BCUT2D eigenvalue weighted by Gasteiger charge is 2.23. The fourth-order valence-electron chi connectivity index (χ4n) is 2.14. The molecule has 1 atom stereocenters. The molecule has 1 heterocycles. The normalized spacial score (nSPS) is 20.5. The van der Waals surface area contributed by atoms with Crippen LogP contribution in [0.15, 0.2) is 0 Å². The van der Waals surface area contributed by atoms with Gasteiger partial charge in [-0.25, -0.2) is 4.79 Å². The summed E-state index contributed by atoms with van der Waals surface area (Å²) in [5, 5.41) is 2.93. The molecule has 0 saturated carbocycles. The quantitative estimate of drug-likeness (QED) is 0.800. The lowest BCUT2D eigenvalue weighted by molar-refractivity contribution is 0.0478. The van der Waals surface area contributed by atoms with E-state index in [0.29, 0.717) is 0 Å². The van der Waals surface area contributed by atoms with Crippen LogP contribution in [0.3, 0.4) is 0 Å². The molecular weight excluding hydrogens is 230 g/mol. The van der Waals surface area contributed by atoms with Gasteiger partial charge in [0.1, 0.15) is 5.60 Å². The van der Waals surface area contributed by atoms with Gasteiger partial charge in [0.15, 0.2) is 0 Å². The van der Waals surface area contributed by atoms with E-state index in [9.17, 15) is 4.79 Å². The van der Waals surface area contributed by atoms with Gasteiger partial charge in [-0.05, 0) is 40.5 Å². The summed E-state index contributed by atoms with van der Waals surface area (Å²) in [7, 11) is 0. The van der Waals surface area contributed by atoms with Gasteiger partial charge >= 0.3 is 6.09 Å². The summed E-state index contributed by atoms with van der Waals surface area (Å²) >= 11 is 0. The Labute approximate surface area is 110 Å². The Morgan fingerprint density at radius 3 is 2.44 bits per heavy atom. The first-order chi connectivity index (χ1) is 8.26. The van der Waals surface area contributed by atoms with Crippen LogP contribution in [0.5, 0.6) is 0 Å². The van der Waals surface area contributed by atoms with Gasteiger partial charge in [0, 0.05) is 31.7 Å². The summed E-state index contributed by atoms with van der Waals surface area (Å²) in [4.78, 5) is 14.0. The number of rotatable bonds is 3. The van der Waals surface area contributed by atoms with Crippen LogP contribution in [0.2, 0.25) is 0 Å². The van der Waals surface area contributed by atoms with Gasteiger partial charge in [-0.15, -0.1) is 0 Å². The Kier molecular flexibility index (Phi) is 5.41. The van der Waals surface area contributed by atoms with Crippen molar-refractivity contribution in [3.8, 4) is 0 Å². The zero-order chi connectivity index (χ0) is 13.8. The van der Waals surface area contributed by atoms with Gasteiger partial charge in [-0.2, -0.15) is 0 Å². The standard InChI is InChI=1S/C13H27N3O2/c1-10(14)9-16-7-5-11(6-8-16)15-12(17)18-13(2,3)4/h10-11H,5-9,14H2,1-4H3,(H,15,17). The van der Waals surface area contributed by atoms with Gasteiger partial charge in [0.25, 0.3) is 0 Å². The number of nitrogens with two attached hydrogens (primary N) is 1. The fourth-order valence-corrected chi connectivity index (χ4v) is 2.14. The van der Waals surface area contributed by atoms with E-state index >= 15 is 0 Å². The van der Waals surface area contributed by atoms with Crippen LogP contribution in [-0.2, 0) is 4.74 Å². The van der Waals surface area contributed by atoms with E-state index in [1.54, 1.807) is 0 Å². The van der Waals surface area contributed by atoms with Crippen molar-refractivity contribution in [2.75, 3.05) is 19.6 Å². The molecule has 1 aliphatic heterocycles. The molecule has 5 nitrogen and oxygen atoms in total. The minimum absolute atomic E-state index is 0.209. The molecule has 18 heavy (non-hydrogen) atoms. The molecule has 0 bridgehead atoms. The van der Waals surface area contributed by atoms with Crippen molar-refractivity contribution in [2.45, 2.75) is 58.2 Å². The van der Waals surface area contributed by atoms with E-state index in [4.69, 9.17) is 10.5 Å². The van der Waals surface area contributed by atoms with Crippen LogP contribution in [0.1, 0.15) is 40.5 Å². The zero-order valence-corrected chi connectivity index (χ0v) is 12.0. The summed E-state index contributed by atoms with van der Waals surface area (Å²) in [6.07, 6.45) is 1.62. The lowest BCUT2D eigenvalue weighted by Gasteiger charge is -2.33. The number of hydrogen-bond acceptors (Lipinski definition) is 4. The van der Waals surface area contributed by atoms with Crippen LogP contribution in [0.25, 0.3) is 0 Å². The summed E-state index contributed by atoms with van der Waals surface area (Å²) in [6.45, 7) is 10.5. The van der Waals surface area contributed by atoms with Gasteiger partial charge < -0.3 is 20.7 Å². The van der Waals surface area contributed by atoms with Crippen LogP contribution in [0, 0.1) is 0 Å². The molecule has 1 amide bonds. The second-order valence-corrected chi connectivity index (χ2v) is 6.20. The molecule has 1 unspecified atom stereocenters. The van der Waals surface area contributed by atoms with E-state index < -0.39 is 5.60 Å². The third-order valence-electron chi connectivity index (χ3n) is 2.85. The Bertz CT molecular complexity index is 266. The van der Waals surface area contributed by atoms with E-state index in [1.807, 2.05) is 27.7 Å². The molecule has 0 aromatic rings. The number of carbonyl (C=O) groups is 1. The summed E-state index contributed by atoms with van der Waals surface area (Å²) < 4.78 is 5.25. The second-order valence-electron chi connectivity index (χ2n) is 6.20. The van der Waals surface area contributed by atoms with Gasteiger partial charge in [0.05, 0.1) is 0 Å². The highest BCUT2D eigenvalue weighted by Crippen LogP contribution is 2.12. The van der Waals surface area contributed by atoms with Crippen molar-refractivity contribution in [3.05, 3.63) is 0 Å². The minimum atomic E-state index is -0.431. The first kappa shape index (κ1) is 15.2. The van der Waals surface area contributed by atoms with Crippen LogP contribution >= 0.6 is 0 Å². The lowest BCUT2D eigenvalue weighted by atomic mass is 10.0. The SMILES string of the molecule is CC(N)CN1CCC(NC(=O)OC(C)(C)C)CC1. The highest BCUT2D eigenvalue weighted by molar-refractivity contribution is 5.68. The molecule has 5 heteroatoms. The maximum absolute atomic E-state index is 11.6. The number of nitrogens with one attached hydrogen (secondary N) is 1. The number of alkyl carbamates (subject to hydrolysis) is 1. The third kappa shape index (κ3) is 6.21. The van der Waals surface area contributed by atoms with E-state index in [0.717, 1.165) is 32.5 Å². The first-order valence-corrected chi connectivity index (χ1v) is 6.74. The van der Waals surface area contributed by atoms with Crippen molar-refractivity contribution in [3.63, 3.8) is 0 Å². The average molecular weight is 257 g/mol. The Hall–Kier alpha value is -0.810. The molecule has 0 aliphatic carbocycles.